The minimum absolute atomic E-state index is 0.125. The van der Waals surface area contributed by atoms with Gasteiger partial charge in [0.2, 0.25) is 0 Å². The third kappa shape index (κ3) is 3.21. The zero-order valence-corrected chi connectivity index (χ0v) is 11.1. The van der Waals surface area contributed by atoms with Gasteiger partial charge in [0, 0.05) is 6.04 Å². The molecule has 19 heavy (non-hydrogen) atoms. The zero-order chi connectivity index (χ0) is 13.7. The van der Waals surface area contributed by atoms with E-state index in [0.29, 0.717) is 5.56 Å². The Hall–Kier alpha value is -2.11. The number of hydrogen-bond donors (Lipinski definition) is 1. The van der Waals surface area contributed by atoms with Gasteiger partial charge in [-0.3, -0.25) is 0 Å². The van der Waals surface area contributed by atoms with Crippen molar-refractivity contribution in [3.8, 4) is 17.2 Å². The van der Waals surface area contributed by atoms with Gasteiger partial charge in [-0.05, 0) is 35.2 Å². The summed E-state index contributed by atoms with van der Waals surface area (Å²) in [7, 11) is 0. The zero-order valence-electron chi connectivity index (χ0n) is 11.1. The predicted molar refractivity (Wildman–Crippen MR) is 78.4 cm³/mol. The quantitative estimate of drug-likeness (QED) is 0.890. The van der Waals surface area contributed by atoms with E-state index in [0.717, 1.165) is 24.0 Å². The summed E-state index contributed by atoms with van der Waals surface area (Å²) in [5, 5.41) is 8.78. The average molecular weight is 250 g/mol. The first-order valence-corrected chi connectivity index (χ1v) is 6.60. The summed E-state index contributed by atoms with van der Waals surface area (Å²) in [4.78, 5) is 0. The highest BCUT2D eigenvalue weighted by Crippen LogP contribution is 2.23. The van der Waals surface area contributed by atoms with Crippen molar-refractivity contribution in [1.29, 1.82) is 5.26 Å². The molecule has 2 nitrogen and oxygen atoms in total. The summed E-state index contributed by atoms with van der Waals surface area (Å²) in [6.07, 6.45) is 2.11. The van der Waals surface area contributed by atoms with Crippen molar-refractivity contribution in [1.82, 2.24) is 0 Å². The molecule has 0 aliphatic heterocycles. The number of hydrogen-bond acceptors (Lipinski definition) is 2. The number of benzene rings is 2. The van der Waals surface area contributed by atoms with Crippen LogP contribution in [0.3, 0.4) is 0 Å². The average Bonchev–Trinajstić information content (AvgIpc) is 2.48. The van der Waals surface area contributed by atoms with Crippen LogP contribution < -0.4 is 5.73 Å². The molecule has 2 aromatic carbocycles. The summed E-state index contributed by atoms with van der Waals surface area (Å²) in [6.45, 7) is 2.14. The van der Waals surface area contributed by atoms with Gasteiger partial charge in [-0.15, -0.1) is 0 Å². The van der Waals surface area contributed by atoms with Crippen LogP contribution in [0.5, 0.6) is 0 Å². The van der Waals surface area contributed by atoms with E-state index in [1.54, 1.807) is 0 Å². The van der Waals surface area contributed by atoms with Gasteiger partial charge < -0.3 is 5.73 Å². The number of nitrogens with zero attached hydrogens (tertiary/aromatic N) is 1. The third-order valence-corrected chi connectivity index (χ3v) is 3.29. The maximum absolute atomic E-state index is 8.78. The van der Waals surface area contributed by atoms with Gasteiger partial charge in [0.25, 0.3) is 0 Å². The summed E-state index contributed by atoms with van der Waals surface area (Å²) >= 11 is 0. The Labute approximate surface area is 114 Å². The van der Waals surface area contributed by atoms with Gasteiger partial charge >= 0.3 is 0 Å². The molecule has 1 unspecified atom stereocenters. The Bertz CT molecular complexity index is 562. The van der Waals surface area contributed by atoms with Gasteiger partial charge in [0.15, 0.2) is 0 Å². The molecule has 0 saturated heterocycles. The molecular weight excluding hydrogens is 232 g/mol. The Balaban J connectivity index is 2.20. The van der Waals surface area contributed by atoms with E-state index in [9.17, 15) is 0 Å². The lowest BCUT2D eigenvalue weighted by molar-refractivity contribution is 0.638. The summed E-state index contributed by atoms with van der Waals surface area (Å²) in [5.41, 5.74) is 10.2. The lowest BCUT2D eigenvalue weighted by Gasteiger charge is -2.11. The van der Waals surface area contributed by atoms with Crippen molar-refractivity contribution in [2.45, 2.75) is 25.8 Å². The molecule has 0 aliphatic rings. The molecule has 0 bridgehead atoms. The summed E-state index contributed by atoms with van der Waals surface area (Å²) < 4.78 is 0. The van der Waals surface area contributed by atoms with Crippen molar-refractivity contribution in [2.75, 3.05) is 0 Å². The minimum atomic E-state index is 0.125. The van der Waals surface area contributed by atoms with Crippen molar-refractivity contribution in [3.63, 3.8) is 0 Å². The van der Waals surface area contributed by atoms with Crippen LogP contribution in [0.15, 0.2) is 48.5 Å². The fourth-order valence-corrected chi connectivity index (χ4v) is 2.14. The van der Waals surface area contributed by atoms with Crippen LogP contribution in [0.25, 0.3) is 11.1 Å². The standard InChI is InChI=1S/C17H18N2/c1-2-3-17(19)16-10-8-15(9-11-16)14-6-4-13(12-18)5-7-14/h4-11,17H,2-3,19H2,1H3. The van der Waals surface area contributed by atoms with Crippen molar-refractivity contribution in [2.24, 2.45) is 5.73 Å². The first-order valence-electron chi connectivity index (χ1n) is 6.60. The maximum atomic E-state index is 8.78. The lowest BCUT2D eigenvalue weighted by Crippen LogP contribution is -2.09. The second kappa shape index (κ2) is 6.17. The molecule has 96 valence electrons. The Morgan fingerprint density at radius 2 is 1.53 bits per heavy atom. The molecule has 1 atom stereocenters. The van der Waals surface area contributed by atoms with Gasteiger partial charge in [-0.1, -0.05) is 49.7 Å². The van der Waals surface area contributed by atoms with Crippen LogP contribution >= 0.6 is 0 Å². The van der Waals surface area contributed by atoms with Crippen LogP contribution in [-0.4, -0.2) is 0 Å². The van der Waals surface area contributed by atoms with Gasteiger partial charge in [-0.2, -0.15) is 5.26 Å². The number of rotatable bonds is 4. The van der Waals surface area contributed by atoms with E-state index in [1.165, 1.54) is 5.56 Å². The highest BCUT2D eigenvalue weighted by atomic mass is 14.6. The van der Waals surface area contributed by atoms with Crippen molar-refractivity contribution >= 4 is 0 Å². The fourth-order valence-electron chi connectivity index (χ4n) is 2.14. The van der Waals surface area contributed by atoms with E-state index in [-0.39, 0.29) is 6.04 Å². The molecule has 2 N–H and O–H groups in total. The monoisotopic (exact) mass is 250 g/mol. The topological polar surface area (TPSA) is 49.8 Å². The second-order valence-electron chi connectivity index (χ2n) is 4.71. The van der Waals surface area contributed by atoms with E-state index in [2.05, 4.69) is 37.3 Å². The fraction of sp³-hybridized carbons (Fsp3) is 0.235. The van der Waals surface area contributed by atoms with Crippen LogP contribution in [-0.2, 0) is 0 Å². The highest BCUT2D eigenvalue weighted by molar-refractivity contribution is 5.64. The summed E-state index contributed by atoms with van der Waals surface area (Å²) in [5.74, 6) is 0. The number of nitrogens with two attached hydrogens (primary N) is 1. The number of nitriles is 1. The van der Waals surface area contributed by atoms with E-state index in [4.69, 9.17) is 11.0 Å². The van der Waals surface area contributed by atoms with Gasteiger partial charge in [0.05, 0.1) is 11.6 Å². The molecule has 2 aromatic rings. The molecule has 0 heterocycles. The Morgan fingerprint density at radius 1 is 1.00 bits per heavy atom. The first-order chi connectivity index (χ1) is 9.24. The largest absolute Gasteiger partial charge is 0.324 e. The molecule has 0 fully saturated rings. The molecule has 0 aliphatic carbocycles. The maximum Gasteiger partial charge on any atom is 0.0991 e. The Morgan fingerprint density at radius 3 is 2.00 bits per heavy atom. The van der Waals surface area contributed by atoms with Gasteiger partial charge in [-0.25, -0.2) is 0 Å². The van der Waals surface area contributed by atoms with Gasteiger partial charge in [0.1, 0.15) is 0 Å². The molecule has 0 amide bonds. The molecule has 2 rings (SSSR count). The van der Waals surface area contributed by atoms with E-state index in [1.807, 2.05) is 24.3 Å². The lowest BCUT2D eigenvalue weighted by atomic mass is 9.98. The minimum Gasteiger partial charge on any atom is -0.324 e. The van der Waals surface area contributed by atoms with Crippen LogP contribution in [0.2, 0.25) is 0 Å². The second-order valence-corrected chi connectivity index (χ2v) is 4.71. The third-order valence-electron chi connectivity index (χ3n) is 3.29. The van der Waals surface area contributed by atoms with Crippen molar-refractivity contribution in [3.05, 3.63) is 59.7 Å². The van der Waals surface area contributed by atoms with E-state index < -0.39 is 0 Å². The SMILES string of the molecule is CCCC(N)c1ccc(-c2ccc(C#N)cc2)cc1. The molecule has 0 aromatic heterocycles. The Kier molecular flexibility index (Phi) is 4.33. The van der Waals surface area contributed by atoms with E-state index >= 15 is 0 Å². The predicted octanol–water partition coefficient (Wildman–Crippen LogP) is 4.03. The molecule has 0 radical (unpaired) electrons. The smallest absolute Gasteiger partial charge is 0.0991 e. The van der Waals surface area contributed by atoms with Crippen LogP contribution in [0.1, 0.15) is 36.9 Å². The summed E-state index contributed by atoms with van der Waals surface area (Å²) in [6, 6.07) is 18.2. The van der Waals surface area contributed by atoms with Crippen LogP contribution in [0.4, 0.5) is 0 Å². The molecule has 0 saturated carbocycles. The van der Waals surface area contributed by atoms with Crippen LogP contribution in [0, 0.1) is 11.3 Å². The highest BCUT2D eigenvalue weighted by Gasteiger charge is 2.05. The van der Waals surface area contributed by atoms with Crippen molar-refractivity contribution < 1.29 is 0 Å². The normalized spacial score (nSPS) is 11.8. The first kappa shape index (κ1) is 13.3. The molecule has 2 heteroatoms. The molecule has 0 spiro atoms. The molecular formula is C17H18N2.